The van der Waals surface area contributed by atoms with Gasteiger partial charge in [-0.25, -0.2) is 4.79 Å². The number of rotatable bonds is 4. The van der Waals surface area contributed by atoms with Crippen molar-refractivity contribution < 1.29 is 19.2 Å². The van der Waals surface area contributed by atoms with E-state index in [1.54, 1.807) is 23.2 Å². The maximum Gasteiger partial charge on any atom is 0.318 e. The van der Waals surface area contributed by atoms with Gasteiger partial charge in [0, 0.05) is 38.1 Å². The number of carbonyl (C=O) groups excluding carboxylic acids is 4. The van der Waals surface area contributed by atoms with E-state index in [0.29, 0.717) is 25.1 Å². The molecule has 178 valence electrons. The third-order valence-corrected chi connectivity index (χ3v) is 6.67. The van der Waals surface area contributed by atoms with Gasteiger partial charge in [0.1, 0.15) is 12.1 Å². The maximum atomic E-state index is 13.3. The van der Waals surface area contributed by atoms with Crippen molar-refractivity contribution in [1.82, 2.24) is 30.7 Å². The highest BCUT2D eigenvalue weighted by atomic mass is 16.2. The van der Waals surface area contributed by atoms with Crippen molar-refractivity contribution in [1.29, 1.82) is 0 Å². The molecule has 3 fully saturated rings. The summed E-state index contributed by atoms with van der Waals surface area (Å²) >= 11 is 0. The van der Waals surface area contributed by atoms with Crippen molar-refractivity contribution in [2.75, 3.05) is 26.2 Å². The van der Waals surface area contributed by atoms with Gasteiger partial charge in [-0.2, -0.15) is 0 Å². The van der Waals surface area contributed by atoms with Crippen LogP contribution in [0, 0.1) is 0 Å². The van der Waals surface area contributed by atoms with Crippen LogP contribution in [0.15, 0.2) is 24.5 Å². The van der Waals surface area contributed by atoms with Gasteiger partial charge in [-0.05, 0) is 37.8 Å². The molecule has 1 aromatic heterocycles. The van der Waals surface area contributed by atoms with Crippen molar-refractivity contribution in [2.45, 2.75) is 63.1 Å². The number of nitrogens with one attached hydrogen (secondary N) is 3. The molecule has 1 aromatic rings. The Balaban J connectivity index is 1.48. The van der Waals surface area contributed by atoms with E-state index in [9.17, 15) is 19.2 Å². The first-order chi connectivity index (χ1) is 16.0. The predicted molar refractivity (Wildman–Crippen MR) is 120 cm³/mol. The van der Waals surface area contributed by atoms with Crippen LogP contribution in [-0.4, -0.2) is 82.8 Å². The molecule has 3 aliphatic rings. The summed E-state index contributed by atoms with van der Waals surface area (Å²) in [4.78, 5) is 58.6. The molecule has 0 unspecified atom stereocenters. The standard InChI is InChI=1S/C23H32N6O4/c30-20-18(9-5-11-25-20)27-21(31)19-15-28(22(32)16-6-4-10-24-14-16)12-13-29(19)23(33)26-17-7-2-1-3-8-17/h4,6,10,14,17-19H,1-3,5,7-9,11-13,15H2,(H,25,30)(H,26,33)(H,27,31)/t18-,19-/m1/s1. The highest BCUT2D eigenvalue weighted by Gasteiger charge is 2.39. The van der Waals surface area contributed by atoms with Gasteiger partial charge in [0.25, 0.3) is 5.91 Å². The lowest BCUT2D eigenvalue weighted by Gasteiger charge is -2.41. The fraction of sp³-hybridized carbons (Fsp3) is 0.609. The Morgan fingerprint density at radius 2 is 1.85 bits per heavy atom. The van der Waals surface area contributed by atoms with E-state index in [0.717, 1.165) is 32.1 Å². The van der Waals surface area contributed by atoms with Gasteiger partial charge in [-0.3, -0.25) is 19.4 Å². The Morgan fingerprint density at radius 1 is 1.03 bits per heavy atom. The van der Waals surface area contributed by atoms with Crippen molar-refractivity contribution in [3.63, 3.8) is 0 Å². The van der Waals surface area contributed by atoms with Crippen LogP contribution in [0.25, 0.3) is 0 Å². The van der Waals surface area contributed by atoms with Crippen LogP contribution >= 0.6 is 0 Å². The molecule has 2 saturated heterocycles. The zero-order chi connectivity index (χ0) is 23.2. The van der Waals surface area contributed by atoms with Gasteiger partial charge in [-0.1, -0.05) is 19.3 Å². The number of carbonyl (C=O) groups is 4. The van der Waals surface area contributed by atoms with Crippen LogP contribution in [0.1, 0.15) is 55.3 Å². The lowest BCUT2D eigenvalue weighted by atomic mass is 9.95. The predicted octanol–water partition coefficient (Wildman–Crippen LogP) is 0.645. The summed E-state index contributed by atoms with van der Waals surface area (Å²) in [5.74, 6) is -0.866. The number of piperazine rings is 1. The van der Waals surface area contributed by atoms with E-state index in [2.05, 4.69) is 20.9 Å². The lowest BCUT2D eigenvalue weighted by Crippen LogP contribution is -2.65. The van der Waals surface area contributed by atoms with Crippen LogP contribution < -0.4 is 16.0 Å². The molecular weight excluding hydrogens is 424 g/mol. The number of pyridine rings is 1. The molecule has 0 bridgehead atoms. The van der Waals surface area contributed by atoms with Crippen LogP contribution in [0.5, 0.6) is 0 Å². The second-order valence-electron chi connectivity index (χ2n) is 8.98. The summed E-state index contributed by atoms with van der Waals surface area (Å²) < 4.78 is 0. The molecular formula is C23H32N6O4. The largest absolute Gasteiger partial charge is 0.354 e. The Morgan fingerprint density at radius 3 is 2.58 bits per heavy atom. The Kier molecular flexibility index (Phi) is 7.41. The van der Waals surface area contributed by atoms with E-state index in [1.165, 1.54) is 17.5 Å². The number of nitrogens with zero attached hydrogens (tertiary/aromatic N) is 3. The zero-order valence-electron chi connectivity index (χ0n) is 18.8. The van der Waals surface area contributed by atoms with E-state index >= 15 is 0 Å². The number of aromatic nitrogens is 1. The Hall–Kier alpha value is -3.17. The third-order valence-electron chi connectivity index (χ3n) is 6.67. The monoisotopic (exact) mass is 456 g/mol. The number of amides is 5. The Bertz CT molecular complexity index is 873. The van der Waals surface area contributed by atoms with Gasteiger partial charge in [-0.15, -0.1) is 0 Å². The minimum Gasteiger partial charge on any atom is -0.354 e. The van der Waals surface area contributed by atoms with Crippen molar-refractivity contribution in [2.24, 2.45) is 0 Å². The number of urea groups is 1. The lowest BCUT2D eigenvalue weighted by molar-refractivity contribution is -0.133. The smallest absolute Gasteiger partial charge is 0.318 e. The SMILES string of the molecule is O=C(N[C@@H]1CCCNC1=O)[C@H]1CN(C(=O)c2cccnc2)CCN1C(=O)NC1CCCCC1. The van der Waals surface area contributed by atoms with Crippen LogP contribution in [0.2, 0.25) is 0 Å². The number of piperidine rings is 1. The van der Waals surface area contributed by atoms with Gasteiger partial charge in [0.15, 0.2) is 0 Å². The Labute approximate surface area is 193 Å². The number of hydrogen-bond donors (Lipinski definition) is 3. The van der Waals surface area contributed by atoms with E-state index < -0.39 is 18.0 Å². The summed E-state index contributed by atoms with van der Waals surface area (Å²) in [6.45, 7) is 1.21. The molecule has 1 aliphatic carbocycles. The first kappa shape index (κ1) is 23.0. The first-order valence-corrected chi connectivity index (χ1v) is 11.9. The summed E-state index contributed by atoms with van der Waals surface area (Å²) in [7, 11) is 0. The highest BCUT2D eigenvalue weighted by Crippen LogP contribution is 2.19. The summed E-state index contributed by atoms with van der Waals surface area (Å²) in [6, 6.07) is 1.68. The van der Waals surface area contributed by atoms with Gasteiger partial charge in [0.2, 0.25) is 11.8 Å². The minimum atomic E-state index is -0.877. The molecule has 10 nitrogen and oxygen atoms in total. The summed E-state index contributed by atoms with van der Waals surface area (Å²) in [5.41, 5.74) is 0.434. The van der Waals surface area contributed by atoms with Gasteiger partial charge >= 0.3 is 6.03 Å². The molecule has 33 heavy (non-hydrogen) atoms. The fourth-order valence-corrected chi connectivity index (χ4v) is 4.79. The van der Waals surface area contributed by atoms with E-state index in [4.69, 9.17) is 0 Å². The zero-order valence-corrected chi connectivity index (χ0v) is 18.8. The first-order valence-electron chi connectivity index (χ1n) is 11.9. The van der Waals surface area contributed by atoms with E-state index in [-0.39, 0.29) is 37.0 Å². The normalized spacial score (nSPS) is 24.1. The average Bonchev–Trinajstić information content (AvgIpc) is 2.85. The molecule has 2 atom stereocenters. The van der Waals surface area contributed by atoms with Crippen molar-refractivity contribution in [3.8, 4) is 0 Å². The van der Waals surface area contributed by atoms with Crippen LogP contribution in [-0.2, 0) is 9.59 Å². The van der Waals surface area contributed by atoms with Crippen LogP contribution in [0.4, 0.5) is 4.79 Å². The second-order valence-corrected chi connectivity index (χ2v) is 8.98. The maximum absolute atomic E-state index is 13.3. The minimum absolute atomic E-state index is 0.0615. The van der Waals surface area contributed by atoms with Crippen molar-refractivity contribution in [3.05, 3.63) is 30.1 Å². The molecule has 3 heterocycles. The molecule has 3 N–H and O–H groups in total. The molecule has 5 amide bonds. The molecule has 0 radical (unpaired) electrons. The second kappa shape index (κ2) is 10.6. The number of hydrogen-bond acceptors (Lipinski definition) is 5. The molecule has 10 heteroatoms. The quantitative estimate of drug-likeness (QED) is 0.614. The summed E-state index contributed by atoms with van der Waals surface area (Å²) in [6.07, 6.45) is 9.63. The molecule has 0 aromatic carbocycles. The highest BCUT2D eigenvalue weighted by molar-refractivity contribution is 5.96. The average molecular weight is 457 g/mol. The van der Waals surface area contributed by atoms with E-state index in [1.807, 2.05) is 0 Å². The topological polar surface area (TPSA) is 124 Å². The van der Waals surface area contributed by atoms with Crippen molar-refractivity contribution >= 4 is 23.8 Å². The van der Waals surface area contributed by atoms with Crippen LogP contribution in [0.3, 0.4) is 0 Å². The third kappa shape index (κ3) is 5.61. The fourth-order valence-electron chi connectivity index (χ4n) is 4.79. The van der Waals surface area contributed by atoms with Gasteiger partial charge < -0.3 is 25.8 Å². The molecule has 4 rings (SSSR count). The molecule has 0 spiro atoms. The molecule has 2 aliphatic heterocycles. The van der Waals surface area contributed by atoms with Gasteiger partial charge in [0.05, 0.1) is 12.1 Å². The molecule has 1 saturated carbocycles. The summed E-state index contributed by atoms with van der Waals surface area (Å²) in [5, 5.41) is 8.64.